The fourth-order valence-electron chi connectivity index (χ4n) is 3.42. The lowest BCUT2D eigenvalue weighted by atomic mass is 9.70. The normalized spacial score (nSPS) is 21.0. The summed E-state index contributed by atoms with van der Waals surface area (Å²) in [5.74, 6) is 0.726. The van der Waals surface area contributed by atoms with Crippen LogP contribution in [0.2, 0.25) is 0 Å². The van der Waals surface area contributed by atoms with E-state index in [1.807, 2.05) is 0 Å². The Morgan fingerprint density at radius 3 is 2.62 bits per heavy atom. The summed E-state index contributed by atoms with van der Waals surface area (Å²) in [6, 6.07) is 8.92. The van der Waals surface area contributed by atoms with Crippen LogP contribution in [0.5, 0.6) is 0 Å². The van der Waals surface area contributed by atoms with Gasteiger partial charge in [-0.05, 0) is 47.3 Å². The van der Waals surface area contributed by atoms with Crippen molar-refractivity contribution in [3.05, 3.63) is 53.1 Å². The van der Waals surface area contributed by atoms with Gasteiger partial charge >= 0.3 is 0 Å². The molecule has 0 N–H and O–H groups in total. The van der Waals surface area contributed by atoms with Crippen LogP contribution in [0.15, 0.2) is 42.0 Å². The Labute approximate surface area is 131 Å². The number of allylic oxidation sites excluding steroid dienone is 3. The van der Waals surface area contributed by atoms with Crippen molar-refractivity contribution in [2.75, 3.05) is 0 Å². The molecule has 0 heteroatoms. The molecule has 1 atom stereocenters. The Hall–Kier alpha value is -1.30. The largest absolute Gasteiger partial charge is 0.0843 e. The lowest BCUT2D eigenvalue weighted by Gasteiger charge is -2.35. The minimum absolute atomic E-state index is 0.249. The van der Waals surface area contributed by atoms with Gasteiger partial charge in [0.15, 0.2) is 0 Å². The van der Waals surface area contributed by atoms with E-state index in [0.29, 0.717) is 0 Å². The van der Waals surface area contributed by atoms with E-state index < -0.39 is 0 Å². The zero-order valence-electron chi connectivity index (χ0n) is 14.2. The molecule has 1 aliphatic rings. The smallest absolute Gasteiger partial charge is 0.00720 e. The first kappa shape index (κ1) is 16.1. The molecule has 0 aromatic heterocycles. The predicted octanol–water partition coefficient (Wildman–Crippen LogP) is 6.42. The molecule has 0 fully saturated rings. The zero-order valence-corrected chi connectivity index (χ0v) is 14.2. The van der Waals surface area contributed by atoms with Crippen LogP contribution in [-0.4, -0.2) is 0 Å². The maximum absolute atomic E-state index is 2.43. The standard InChI is InChI=1S/C21H30/c1-5-7-8-14-20-16-18-13-10-9-12-17(18)15-19(11-6-2)21(20,3)4/h8-10,12-14,16,19H,5-7,11,15H2,1-4H3/b14-8-. The summed E-state index contributed by atoms with van der Waals surface area (Å²) >= 11 is 0. The Balaban J connectivity index is 2.44. The second kappa shape index (κ2) is 7.11. The first-order valence-corrected chi connectivity index (χ1v) is 8.56. The van der Waals surface area contributed by atoms with Gasteiger partial charge in [-0.3, -0.25) is 0 Å². The zero-order chi connectivity index (χ0) is 15.3. The number of benzene rings is 1. The Morgan fingerprint density at radius 1 is 1.14 bits per heavy atom. The van der Waals surface area contributed by atoms with Gasteiger partial charge in [-0.1, -0.05) is 83.0 Å². The van der Waals surface area contributed by atoms with E-state index in [2.05, 4.69) is 70.2 Å². The minimum Gasteiger partial charge on any atom is -0.0843 e. The van der Waals surface area contributed by atoms with E-state index in [4.69, 9.17) is 0 Å². The van der Waals surface area contributed by atoms with Crippen LogP contribution in [0, 0.1) is 11.3 Å². The molecular weight excluding hydrogens is 252 g/mol. The van der Waals surface area contributed by atoms with Crippen molar-refractivity contribution in [1.82, 2.24) is 0 Å². The minimum atomic E-state index is 0.249. The second-order valence-electron chi connectivity index (χ2n) is 6.90. The molecule has 0 nitrogen and oxygen atoms in total. The van der Waals surface area contributed by atoms with Crippen molar-refractivity contribution in [3.8, 4) is 0 Å². The van der Waals surface area contributed by atoms with Crippen molar-refractivity contribution in [2.24, 2.45) is 11.3 Å². The van der Waals surface area contributed by atoms with Gasteiger partial charge in [-0.2, -0.15) is 0 Å². The molecular formula is C21H30. The van der Waals surface area contributed by atoms with Gasteiger partial charge in [0.2, 0.25) is 0 Å². The summed E-state index contributed by atoms with van der Waals surface area (Å²) in [7, 11) is 0. The van der Waals surface area contributed by atoms with Crippen molar-refractivity contribution >= 4 is 6.08 Å². The molecule has 0 bridgehead atoms. The Morgan fingerprint density at radius 2 is 1.90 bits per heavy atom. The highest BCUT2D eigenvalue weighted by Gasteiger charge is 2.33. The summed E-state index contributed by atoms with van der Waals surface area (Å²) < 4.78 is 0. The predicted molar refractivity (Wildman–Crippen MR) is 94.4 cm³/mol. The maximum atomic E-state index is 2.43. The highest BCUT2D eigenvalue weighted by molar-refractivity contribution is 5.62. The molecule has 2 rings (SSSR count). The molecule has 0 heterocycles. The molecule has 0 radical (unpaired) electrons. The monoisotopic (exact) mass is 282 g/mol. The number of hydrogen-bond acceptors (Lipinski definition) is 0. The van der Waals surface area contributed by atoms with Gasteiger partial charge in [-0.15, -0.1) is 0 Å². The summed E-state index contributed by atoms with van der Waals surface area (Å²) in [4.78, 5) is 0. The molecule has 21 heavy (non-hydrogen) atoms. The first-order chi connectivity index (χ1) is 10.1. The highest BCUT2D eigenvalue weighted by Crippen LogP contribution is 2.44. The average Bonchev–Trinajstić information content (AvgIpc) is 2.56. The van der Waals surface area contributed by atoms with E-state index in [-0.39, 0.29) is 5.41 Å². The molecule has 1 aromatic carbocycles. The molecule has 0 aliphatic heterocycles. The summed E-state index contributed by atoms with van der Waals surface area (Å²) in [6.07, 6.45) is 13.3. The summed E-state index contributed by atoms with van der Waals surface area (Å²) in [5.41, 5.74) is 4.68. The third kappa shape index (κ3) is 3.67. The number of rotatable bonds is 5. The van der Waals surface area contributed by atoms with E-state index >= 15 is 0 Å². The van der Waals surface area contributed by atoms with E-state index in [0.717, 1.165) is 5.92 Å². The van der Waals surface area contributed by atoms with Crippen LogP contribution in [0.1, 0.15) is 64.5 Å². The SMILES string of the molecule is CCC/C=C\C1=Cc2ccccc2CC(CCC)C1(C)C. The Bertz CT molecular complexity index is 517. The molecule has 1 aliphatic carbocycles. The van der Waals surface area contributed by atoms with Gasteiger partial charge in [-0.25, -0.2) is 0 Å². The third-order valence-corrected chi connectivity index (χ3v) is 4.99. The van der Waals surface area contributed by atoms with E-state index in [1.54, 1.807) is 0 Å². The van der Waals surface area contributed by atoms with Crippen molar-refractivity contribution in [3.63, 3.8) is 0 Å². The van der Waals surface area contributed by atoms with Crippen molar-refractivity contribution in [2.45, 2.75) is 59.8 Å². The van der Waals surface area contributed by atoms with Gasteiger partial charge in [0.05, 0.1) is 0 Å². The molecule has 1 aromatic rings. The van der Waals surface area contributed by atoms with Gasteiger partial charge in [0.25, 0.3) is 0 Å². The van der Waals surface area contributed by atoms with Crippen LogP contribution in [0.3, 0.4) is 0 Å². The van der Waals surface area contributed by atoms with Crippen LogP contribution >= 0.6 is 0 Å². The van der Waals surface area contributed by atoms with Crippen molar-refractivity contribution in [1.29, 1.82) is 0 Å². The lowest BCUT2D eigenvalue weighted by molar-refractivity contribution is 0.253. The maximum Gasteiger partial charge on any atom is -0.00720 e. The summed E-state index contributed by atoms with van der Waals surface area (Å²) in [6.45, 7) is 9.41. The highest BCUT2D eigenvalue weighted by atomic mass is 14.4. The lowest BCUT2D eigenvalue weighted by Crippen LogP contribution is -2.26. The molecule has 1 unspecified atom stereocenters. The van der Waals surface area contributed by atoms with Crippen LogP contribution in [-0.2, 0) is 6.42 Å². The third-order valence-electron chi connectivity index (χ3n) is 4.99. The van der Waals surface area contributed by atoms with Gasteiger partial charge in [0.1, 0.15) is 0 Å². The molecule has 0 amide bonds. The topological polar surface area (TPSA) is 0 Å². The second-order valence-corrected chi connectivity index (χ2v) is 6.90. The van der Waals surface area contributed by atoms with Crippen LogP contribution in [0.25, 0.3) is 6.08 Å². The number of hydrogen-bond donors (Lipinski definition) is 0. The molecule has 0 spiro atoms. The molecule has 114 valence electrons. The fraction of sp³-hybridized carbons (Fsp3) is 0.524. The molecule has 0 saturated carbocycles. The number of fused-ring (bicyclic) bond motifs is 1. The first-order valence-electron chi connectivity index (χ1n) is 8.56. The van der Waals surface area contributed by atoms with Gasteiger partial charge < -0.3 is 0 Å². The molecule has 0 saturated heterocycles. The van der Waals surface area contributed by atoms with E-state index in [9.17, 15) is 0 Å². The van der Waals surface area contributed by atoms with Gasteiger partial charge in [0, 0.05) is 0 Å². The average molecular weight is 282 g/mol. The van der Waals surface area contributed by atoms with E-state index in [1.165, 1.54) is 48.8 Å². The Kier molecular flexibility index (Phi) is 5.45. The summed E-state index contributed by atoms with van der Waals surface area (Å²) in [5, 5.41) is 0. The number of unbranched alkanes of at least 4 members (excludes halogenated alkanes) is 1. The van der Waals surface area contributed by atoms with Crippen LogP contribution < -0.4 is 0 Å². The van der Waals surface area contributed by atoms with Crippen molar-refractivity contribution < 1.29 is 0 Å². The fourth-order valence-corrected chi connectivity index (χ4v) is 3.42. The van der Waals surface area contributed by atoms with Crippen LogP contribution in [0.4, 0.5) is 0 Å². The quantitative estimate of drug-likeness (QED) is 0.584.